The van der Waals surface area contributed by atoms with E-state index in [2.05, 4.69) is 33.0 Å². The fourth-order valence-electron chi connectivity index (χ4n) is 3.01. The zero-order chi connectivity index (χ0) is 21.5. The van der Waals surface area contributed by atoms with E-state index in [1.54, 1.807) is 4.57 Å². The number of hydrogen-bond acceptors (Lipinski definition) is 7. The Morgan fingerprint density at radius 1 is 1.27 bits per heavy atom. The van der Waals surface area contributed by atoms with Crippen molar-refractivity contribution in [3.8, 4) is 0 Å². The van der Waals surface area contributed by atoms with Crippen molar-refractivity contribution in [1.82, 2.24) is 19.7 Å². The number of hydrogen-bond donors (Lipinski definition) is 0. The van der Waals surface area contributed by atoms with E-state index in [4.69, 9.17) is 14.2 Å². The molecule has 1 aromatic carbocycles. The molecular weight excluding hydrogens is 468 g/mol. The van der Waals surface area contributed by atoms with Gasteiger partial charge in [0.2, 0.25) is 5.89 Å². The Morgan fingerprint density at radius 2 is 2.10 bits per heavy atom. The Labute approximate surface area is 188 Å². The van der Waals surface area contributed by atoms with Crippen molar-refractivity contribution in [2.75, 3.05) is 13.2 Å². The molecule has 0 amide bonds. The van der Waals surface area contributed by atoms with Gasteiger partial charge in [0.05, 0.1) is 16.2 Å². The maximum Gasteiger partial charge on any atom is 0.262 e. The van der Waals surface area contributed by atoms with Crippen LogP contribution in [0.1, 0.15) is 57.0 Å². The second-order valence-electron chi connectivity index (χ2n) is 6.98. The number of nitrogens with zero attached hydrogens (tertiary/aromatic N) is 4. The molecule has 0 aliphatic carbocycles. The molecule has 1 atom stereocenters. The normalized spacial score (nSPS) is 12.5. The quantitative estimate of drug-likeness (QED) is 0.206. The Hall–Kier alpha value is -1.71. The third-order valence-electron chi connectivity index (χ3n) is 4.62. The molecule has 0 unspecified atom stereocenters. The van der Waals surface area contributed by atoms with Gasteiger partial charge in [0.15, 0.2) is 11.0 Å². The van der Waals surface area contributed by atoms with Crippen LogP contribution in [-0.2, 0) is 17.7 Å². The van der Waals surface area contributed by atoms with E-state index in [0.29, 0.717) is 41.7 Å². The molecule has 7 nitrogen and oxygen atoms in total. The summed E-state index contributed by atoms with van der Waals surface area (Å²) >= 11 is 4.91. The summed E-state index contributed by atoms with van der Waals surface area (Å²) in [6, 6.07) is 5.57. The fraction of sp³-hybridized carbons (Fsp3) is 0.524. The van der Waals surface area contributed by atoms with E-state index in [1.165, 1.54) is 11.8 Å². The summed E-state index contributed by atoms with van der Waals surface area (Å²) < 4.78 is 13.5. The topological polar surface area (TPSA) is 83.0 Å². The first kappa shape index (κ1) is 23.0. The molecule has 9 heteroatoms. The van der Waals surface area contributed by atoms with E-state index in [-0.39, 0.29) is 10.8 Å². The van der Waals surface area contributed by atoms with Crippen molar-refractivity contribution < 1.29 is 9.26 Å². The molecule has 0 aliphatic rings. The highest BCUT2D eigenvalue weighted by Crippen LogP contribution is 2.33. The Bertz CT molecular complexity index is 1040. The predicted octanol–water partition coefficient (Wildman–Crippen LogP) is 5.16. The van der Waals surface area contributed by atoms with Gasteiger partial charge in [0, 0.05) is 30.7 Å². The number of aromatic nitrogens is 4. The molecule has 0 bridgehead atoms. The van der Waals surface area contributed by atoms with Crippen LogP contribution in [0.3, 0.4) is 0 Å². The molecule has 0 fully saturated rings. The fourth-order valence-corrected chi connectivity index (χ4v) is 4.33. The lowest BCUT2D eigenvalue weighted by molar-refractivity contribution is 0.140. The number of benzene rings is 1. The third-order valence-corrected chi connectivity index (χ3v) is 6.19. The molecule has 3 rings (SSSR count). The van der Waals surface area contributed by atoms with Gasteiger partial charge in [0.1, 0.15) is 0 Å². The first-order valence-corrected chi connectivity index (χ1v) is 12.0. The van der Waals surface area contributed by atoms with Crippen LogP contribution in [-0.4, -0.2) is 32.9 Å². The average Bonchev–Trinajstić information content (AvgIpc) is 3.21. The van der Waals surface area contributed by atoms with Gasteiger partial charge < -0.3 is 9.26 Å². The van der Waals surface area contributed by atoms with Crippen LogP contribution in [0.5, 0.6) is 0 Å². The van der Waals surface area contributed by atoms with Gasteiger partial charge in [0.25, 0.3) is 5.56 Å². The summed E-state index contributed by atoms with van der Waals surface area (Å²) in [7, 11) is 0. The Kier molecular flexibility index (Phi) is 8.47. The summed E-state index contributed by atoms with van der Waals surface area (Å²) in [5, 5.41) is 5.20. The number of aryl methyl sites for hydroxylation is 1. The van der Waals surface area contributed by atoms with E-state index in [9.17, 15) is 4.79 Å². The molecule has 0 saturated carbocycles. The van der Waals surface area contributed by atoms with Gasteiger partial charge in [-0.15, -0.1) is 0 Å². The van der Waals surface area contributed by atoms with Gasteiger partial charge in [-0.3, -0.25) is 9.36 Å². The minimum absolute atomic E-state index is 0.0540. The van der Waals surface area contributed by atoms with Gasteiger partial charge in [-0.25, -0.2) is 4.98 Å². The summed E-state index contributed by atoms with van der Waals surface area (Å²) in [5.41, 5.74) is 0.620. The lowest BCUT2D eigenvalue weighted by Crippen LogP contribution is -2.24. The summed E-state index contributed by atoms with van der Waals surface area (Å²) in [6.07, 6.45) is 3.65. The van der Waals surface area contributed by atoms with E-state index < -0.39 is 0 Å². The maximum absolute atomic E-state index is 13.2. The standard InChI is InChI=1S/C21H27BrN4O3S/c1-4-6-8-18-24-19(29-25-18)14(3)30-21-23-17-10-9-15(22)13-16(17)20(27)26(21)11-7-12-28-5-2/h9-10,13-14H,4-8,11-12H2,1-3H3/t14-/m1/s1. The molecule has 0 spiro atoms. The molecule has 0 aliphatic heterocycles. The first-order chi connectivity index (χ1) is 14.5. The Morgan fingerprint density at radius 3 is 2.87 bits per heavy atom. The monoisotopic (exact) mass is 494 g/mol. The van der Waals surface area contributed by atoms with Crippen LogP contribution in [0.4, 0.5) is 0 Å². The highest BCUT2D eigenvalue weighted by molar-refractivity contribution is 9.10. The number of thioether (sulfide) groups is 1. The predicted molar refractivity (Wildman–Crippen MR) is 122 cm³/mol. The van der Waals surface area contributed by atoms with Crippen molar-refractivity contribution in [2.24, 2.45) is 0 Å². The minimum Gasteiger partial charge on any atom is -0.382 e. The van der Waals surface area contributed by atoms with Crippen molar-refractivity contribution in [1.29, 1.82) is 0 Å². The van der Waals surface area contributed by atoms with Gasteiger partial charge in [-0.05, 0) is 44.9 Å². The van der Waals surface area contributed by atoms with Crippen molar-refractivity contribution in [3.05, 3.63) is 44.7 Å². The molecule has 0 radical (unpaired) electrons. The van der Waals surface area contributed by atoms with Gasteiger partial charge in [-0.1, -0.05) is 46.2 Å². The number of unbranched alkanes of at least 4 members (excludes halogenated alkanes) is 1. The molecular formula is C21H27BrN4O3S. The van der Waals surface area contributed by atoms with Crippen LogP contribution in [0, 0.1) is 0 Å². The largest absolute Gasteiger partial charge is 0.382 e. The first-order valence-electron chi connectivity index (χ1n) is 10.3. The number of halogens is 1. The van der Waals surface area contributed by atoms with Crippen LogP contribution in [0.2, 0.25) is 0 Å². The number of fused-ring (bicyclic) bond motifs is 1. The molecule has 3 aromatic rings. The minimum atomic E-state index is -0.120. The molecule has 30 heavy (non-hydrogen) atoms. The maximum atomic E-state index is 13.2. The summed E-state index contributed by atoms with van der Waals surface area (Å²) in [4.78, 5) is 22.5. The van der Waals surface area contributed by atoms with Gasteiger partial charge in [-0.2, -0.15) is 4.98 Å². The summed E-state index contributed by atoms with van der Waals surface area (Å²) in [5.74, 6) is 1.28. The summed E-state index contributed by atoms with van der Waals surface area (Å²) in [6.45, 7) is 7.88. The lowest BCUT2D eigenvalue weighted by atomic mass is 10.2. The van der Waals surface area contributed by atoms with Crippen molar-refractivity contribution in [2.45, 2.75) is 63.4 Å². The smallest absolute Gasteiger partial charge is 0.262 e. The van der Waals surface area contributed by atoms with E-state index in [0.717, 1.165) is 36.0 Å². The number of ether oxygens (including phenoxy) is 1. The zero-order valence-electron chi connectivity index (χ0n) is 17.6. The van der Waals surface area contributed by atoms with Crippen LogP contribution < -0.4 is 5.56 Å². The average molecular weight is 495 g/mol. The van der Waals surface area contributed by atoms with E-state index in [1.807, 2.05) is 32.0 Å². The van der Waals surface area contributed by atoms with Crippen LogP contribution in [0.15, 0.2) is 37.1 Å². The molecule has 2 heterocycles. The van der Waals surface area contributed by atoms with Crippen LogP contribution in [0.25, 0.3) is 10.9 Å². The van der Waals surface area contributed by atoms with Gasteiger partial charge >= 0.3 is 0 Å². The number of rotatable bonds is 11. The van der Waals surface area contributed by atoms with Crippen molar-refractivity contribution in [3.63, 3.8) is 0 Å². The Balaban J connectivity index is 1.89. The van der Waals surface area contributed by atoms with E-state index >= 15 is 0 Å². The highest BCUT2D eigenvalue weighted by atomic mass is 79.9. The lowest BCUT2D eigenvalue weighted by Gasteiger charge is -2.15. The third kappa shape index (κ3) is 5.70. The zero-order valence-corrected chi connectivity index (χ0v) is 20.0. The SMILES string of the molecule is CCCCc1noc([C@@H](C)Sc2nc3ccc(Br)cc3c(=O)n2CCCOCC)n1. The second-order valence-corrected chi connectivity index (χ2v) is 9.20. The molecule has 2 aromatic heterocycles. The van der Waals surface area contributed by atoms with Crippen LogP contribution >= 0.6 is 27.7 Å². The van der Waals surface area contributed by atoms with Crippen molar-refractivity contribution >= 4 is 38.6 Å². The molecule has 0 N–H and O–H groups in total. The second kappa shape index (κ2) is 11.1. The highest BCUT2D eigenvalue weighted by Gasteiger charge is 2.20. The molecule has 162 valence electrons. The molecule has 0 saturated heterocycles.